The number of aromatic nitrogens is 2. The van der Waals surface area contributed by atoms with Crippen molar-refractivity contribution in [2.75, 3.05) is 18.1 Å². The second kappa shape index (κ2) is 4.52. The van der Waals surface area contributed by atoms with Crippen molar-refractivity contribution in [1.82, 2.24) is 12.9 Å². The standard InChI is InChI=1S/C10H15IN4/c1-9(2)15-7-10(6-12-15)13-4-3-5-14(11)8-13/h3-4,6-7,9H,5,8H2,1-2H3/i1D3,2D3,9D. The summed E-state index contributed by atoms with van der Waals surface area (Å²) in [5.41, 5.74) is 0.530. The summed E-state index contributed by atoms with van der Waals surface area (Å²) < 4.78 is 55.5. The SMILES string of the molecule is [2H]C([2H])([2H])C([2H])(n1cc(N2C=CCN(I)C2)cn1)C([2H])([2H])[2H]. The molecule has 1 aromatic rings. The molecule has 0 radical (unpaired) electrons. The first-order valence-corrected chi connectivity index (χ1v) is 5.32. The molecule has 0 spiro atoms. The van der Waals surface area contributed by atoms with Crippen molar-refractivity contribution in [2.45, 2.75) is 19.7 Å². The van der Waals surface area contributed by atoms with Crippen molar-refractivity contribution in [3.05, 3.63) is 24.7 Å². The van der Waals surface area contributed by atoms with E-state index in [2.05, 4.69) is 28.0 Å². The van der Waals surface area contributed by atoms with Crippen molar-refractivity contribution in [3.63, 3.8) is 0 Å². The molecule has 1 aliphatic heterocycles. The minimum atomic E-state index is -3.05. The molecule has 0 aliphatic carbocycles. The molecule has 15 heavy (non-hydrogen) atoms. The van der Waals surface area contributed by atoms with E-state index in [1.165, 1.54) is 12.4 Å². The monoisotopic (exact) mass is 325 g/mol. The molecule has 0 amide bonds. The normalized spacial score (nSPS) is 27.0. The highest BCUT2D eigenvalue weighted by Crippen LogP contribution is 2.19. The third kappa shape index (κ3) is 2.52. The van der Waals surface area contributed by atoms with Crippen molar-refractivity contribution < 1.29 is 9.60 Å². The van der Waals surface area contributed by atoms with Crippen molar-refractivity contribution in [3.8, 4) is 0 Å². The molecular formula is C10H15IN4. The molecule has 1 aromatic heterocycles. The molecule has 2 rings (SSSR count). The highest BCUT2D eigenvalue weighted by Gasteiger charge is 2.13. The average molecular weight is 325 g/mol. The maximum atomic E-state index is 8.06. The number of nitrogens with zero attached hydrogens (tertiary/aromatic N) is 4. The first-order chi connectivity index (χ1) is 9.97. The van der Waals surface area contributed by atoms with Crippen LogP contribution in [0.4, 0.5) is 5.69 Å². The first-order valence-electron chi connectivity index (χ1n) is 7.86. The van der Waals surface area contributed by atoms with E-state index in [1.807, 2.05) is 15.4 Å². The zero-order chi connectivity index (χ0) is 16.8. The van der Waals surface area contributed by atoms with Crippen molar-refractivity contribution >= 4 is 28.6 Å². The Morgan fingerprint density at radius 2 is 2.53 bits per heavy atom. The number of halogens is 1. The number of hydrogen-bond donors (Lipinski definition) is 0. The summed E-state index contributed by atoms with van der Waals surface area (Å²) in [6.07, 6.45) is 6.37. The maximum absolute atomic E-state index is 8.06. The molecule has 0 fully saturated rings. The van der Waals surface area contributed by atoms with Crippen LogP contribution in [0.25, 0.3) is 0 Å². The third-order valence-corrected chi connectivity index (χ3v) is 2.72. The van der Waals surface area contributed by atoms with Gasteiger partial charge in [-0.2, -0.15) is 5.10 Å². The van der Waals surface area contributed by atoms with Gasteiger partial charge in [0.25, 0.3) is 0 Å². The van der Waals surface area contributed by atoms with Crippen LogP contribution in [0.1, 0.15) is 29.3 Å². The predicted molar refractivity (Wildman–Crippen MR) is 69.8 cm³/mol. The van der Waals surface area contributed by atoms with Gasteiger partial charge in [0.15, 0.2) is 0 Å². The second-order valence-electron chi connectivity index (χ2n) is 3.13. The third-order valence-electron chi connectivity index (χ3n) is 2.02. The predicted octanol–water partition coefficient (Wildman–Crippen LogP) is 2.41. The summed E-state index contributed by atoms with van der Waals surface area (Å²) >= 11 is 2.14. The molecule has 0 N–H and O–H groups in total. The number of anilines is 1. The summed E-state index contributed by atoms with van der Waals surface area (Å²) in [7, 11) is 0. The Morgan fingerprint density at radius 3 is 3.27 bits per heavy atom. The van der Waals surface area contributed by atoms with Crippen LogP contribution >= 0.6 is 22.9 Å². The van der Waals surface area contributed by atoms with Gasteiger partial charge in [-0.05, 0) is 13.7 Å². The van der Waals surface area contributed by atoms with Gasteiger partial charge in [-0.1, -0.05) is 6.08 Å². The van der Waals surface area contributed by atoms with Gasteiger partial charge in [0.05, 0.1) is 19.9 Å². The van der Waals surface area contributed by atoms with Crippen LogP contribution in [-0.2, 0) is 0 Å². The Balaban J connectivity index is 2.40. The summed E-state index contributed by atoms with van der Waals surface area (Å²) in [6.45, 7) is -4.77. The molecule has 5 heteroatoms. The van der Waals surface area contributed by atoms with E-state index in [1.54, 1.807) is 4.90 Å². The lowest BCUT2D eigenvalue weighted by molar-refractivity contribution is 0.530. The van der Waals surface area contributed by atoms with Gasteiger partial charge in [-0.15, -0.1) is 0 Å². The van der Waals surface area contributed by atoms with Crippen LogP contribution in [0.2, 0.25) is 0 Å². The fraction of sp³-hybridized carbons (Fsp3) is 0.500. The molecule has 0 unspecified atom stereocenters. The number of rotatable bonds is 2. The second-order valence-corrected chi connectivity index (χ2v) is 4.50. The zero-order valence-electron chi connectivity index (χ0n) is 14.9. The van der Waals surface area contributed by atoms with Crippen LogP contribution in [-0.4, -0.2) is 26.1 Å². The molecular weight excluding hydrogens is 303 g/mol. The smallest absolute Gasteiger partial charge is 0.0843 e. The van der Waals surface area contributed by atoms with Gasteiger partial charge in [0.1, 0.15) is 0 Å². The molecule has 1 aliphatic rings. The van der Waals surface area contributed by atoms with Crippen LogP contribution in [0.3, 0.4) is 0 Å². The van der Waals surface area contributed by atoms with Gasteiger partial charge in [-0.3, -0.25) is 4.68 Å². The number of hydrogen-bond acceptors (Lipinski definition) is 3. The molecule has 0 saturated heterocycles. The lowest BCUT2D eigenvalue weighted by Gasteiger charge is -2.27. The lowest BCUT2D eigenvalue weighted by Crippen LogP contribution is -2.32. The molecule has 0 atom stereocenters. The van der Waals surface area contributed by atoms with E-state index in [4.69, 9.17) is 9.60 Å². The highest BCUT2D eigenvalue weighted by molar-refractivity contribution is 14.1. The Hall–Kier alpha value is -0.560. The zero-order valence-corrected chi connectivity index (χ0v) is 10.0. The Kier molecular flexibility index (Phi) is 1.56. The average Bonchev–Trinajstić information content (AvgIpc) is 2.84. The lowest BCUT2D eigenvalue weighted by atomic mass is 10.4. The van der Waals surface area contributed by atoms with Crippen molar-refractivity contribution in [1.29, 1.82) is 0 Å². The minimum absolute atomic E-state index is 0.530. The quantitative estimate of drug-likeness (QED) is 0.616. The van der Waals surface area contributed by atoms with E-state index < -0.39 is 19.7 Å². The summed E-state index contributed by atoms with van der Waals surface area (Å²) in [5, 5.41) is 3.83. The molecule has 0 bridgehead atoms. The van der Waals surface area contributed by atoms with E-state index >= 15 is 0 Å². The largest absolute Gasteiger partial charge is 0.331 e. The maximum Gasteiger partial charge on any atom is 0.0843 e. The van der Waals surface area contributed by atoms with E-state index in [9.17, 15) is 0 Å². The molecule has 0 saturated carbocycles. The van der Waals surface area contributed by atoms with Crippen LogP contribution in [0.5, 0.6) is 0 Å². The van der Waals surface area contributed by atoms with Crippen LogP contribution in [0.15, 0.2) is 24.7 Å². The molecule has 4 nitrogen and oxygen atoms in total. The molecule has 0 aromatic carbocycles. The van der Waals surface area contributed by atoms with Crippen LogP contribution in [0, 0.1) is 0 Å². The van der Waals surface area contributed by atoms with E-state index in [0.29, 0.717) is 17.0 Å². The molecule has 82 valence electrons. The Bertz CT molecular complexity index is 550. The van der Waals surface area contributed by atoms with Gasteiger partial charge in [0.2, 0.25) is 0 Å². The van der Waals surface area contributed by atoms with Crippen LogP contribution < -0.4 is 4.90 Å². The summed E-state index contributed by atoms with van der Waals surface area (Å²) in [5.74, 6) is 0. The van der Waals surface area contributed by atoms with Gasteiger partial charge >= 0.3 is 0 Å². The first kappa shape index (κ1) is 5.18. The fourth-order valence-corrected chi connectivity index (χ4v) is 1.87. The van der Waals surface area contributed by atoms with E-state index in [0.717, 1.165) is 6.54 Å². The topological polar surface area (TPSA) is 24.3 Å². The summed E-state index contributed by atoms with van der Waals surface area (Å²) in [4.78, 5) is 1.79. The summed E-state index contributed by atoms with van der Waals surface area (Å²) in [6, 6.07) is -2.83. The fourth-order valence-electron chi connectivity index (χ4n) is 1.31. The van der Waals surface area contributed by atoms with Crippen molar-refractivity contribution in [2.24, 2.45) is 0 Å². The van der Waals surface area contributed by atoms with Gasteiger partial charge < -0.3 is 4.90 Å². The molecule has 2 heterocycles. The van der Waals surface area contributed by atoms with Gasteiger partial charge in [-0.25, -0.2) is 3.11 Å². The Morgan fingerprint density at radius 1 is 1.67 bits per heavy atom. The van der Waals surface area contributed by atoms with E-state index in [-0.39, 0.29) is 0 Å². The minimum Gasteiger partial charge on any atom is -0.331 e. The highest BCUT2D eigenvalue weighted by atomic mass is 127. The Labute approximate surface area is 114 Å². The van der Waals surface area contributed by atoms with Gasteiger partial charge in [0, 0.05) is 56.0 Å².